The van der Waals surface area contributed by atoms with Crippen LogP contribution in [0.5, 0.6) is 0 Å². The Balaban J connectivity index is 1.90. The fourth-order valence-corrected chi connectivity index (χ4v) is 2.98. The van der Waals surface area contributed by atoms with Gasteiger partial charge in [-0.2, -0.15) is 0 Å². The molecule has 0 aromatic carbocycles. The molecule has 1 fully saturated rings. The standard InChI is InChI=1S/C13H21NS/c1-10-12(6-9-15-10)13(2,3)7-8-14-11-4-5-11/h6,9,11,14H,4-5,7-8H2,1-3H3. The first-order chi connectivity index (χ1) is 7.09. The Bertz CT molecular complexity index is 323. The fourth-order valence-electron chi connectivity index (χ4n) is 2.10. The molecule has 0 atom stereocenters. The number of hydrogen-bond acceptors (Lipinski definition) is 2. The Labute approximate surface area is 96.9 Å². The molecule has 15 heavy (non-hydrogen) atoms. The van der Waals surface area contributed by atoms with Gasteiger partial charge in [-0.25, -0.2) is 0 Å². The molecule has 0 aliphatic heterocycles. The summed E-state index contributed by atoms with van der Waals surface area (Å²) in [5.41, 5.74) is 1.86. The van der Waals surface area contributed by atoms with Crippen LogP contribution in [0.2, 0.25) is 0 Å². The average Bonchev–Trinajstić information content (AvgIpc) is 2.86. The molecule has 84 valence electrons. The van der Waals surface area contributed by atoms with Crippen molar-refractivity contribution in [2.75, 3.05) is 6.54 Å². The van der Waals surface area contributed by atoms with Crippen LogP contribution in [0, 0.1) is 6.92 Å². The van der Waals surface area contributed by atoms with Crippen LogP contribution in [0.3, 0.4) is 0 Å². The summed E-state index contributed by atoms with van der Waals surface area (Å²) < 4.78 is 0. The molecular formula is C13H21NS. The van der Waals surface area contributed by atoms with Crippen LogP contribution in [0.25, 0.3) is 0 Å². The van der Waals surface area contributed by atoms with E-state index in [9.17, 15) is 0 Å². The summed E-state index contributed by atoms with van der Waals surface area (Å²) in [6.07, 6.45) is 4.01. The molecule has 0 spiro atoms. The molecule has 1 aromatic rings. The van der Waals surface area contributed by atoms with Crippen molar-refractivity contribution in [2.45, 2.75) is 51.5 Å². The van der Waals surface area contributed by atoms with E-state index >= 15 is 0 Å². The summed E-state index contributed by atoms with van der Waals surface area (Å²) in [6, 6.07) is 3.13. The number of rotatable bonds is 5. The molecule has 1 N–H and O–H groups in total. The molecule has 0 amide bonds. The van der Waals surface area contributed by atoms with Crippen LogP contribution >= 0.6 is 11.3 Å². The van der Waals surface area contributed by atoms with Crippen molar-refractivity contribution in [2.24, 2.45) is 0 Å². The Hall–Kier alpha value is -0.340. The molecule has 1 aromatic heterocycles. The zero-order valence-corrected chi connectivity index (χ0v) is 10.8. The van der Waals surface area contributed by atoms with E-state index in [2.05, 4.69) is 37.5 Å². The van der Waals surface area contributed by atoms with Gasteiger partial charge in [-0.15, -0.1) is 11.3 Å². The highest BCUT2D eigenvalue weighted by Crippen LogP contribution is 2.32. The van der Waals surface area contributed by atoms with Gasteiger partial charge in [0, 0.05) is 10.9 Å². The van der Waals surface area contributed by atoms with E-state index < -0.39 is 0 Å². The van der Waals surface area contributed by atoms with Gasteiger partial charge < -0.3 is 5.32 Å². The van der Waals surface area contributed by atoms with E-state index in [1.165, 1.54) is 29.7 Å². The van der Waals surface area contributed by atoms with Crippen molar-refractivity contribution >= 4 is 11.3 Å². The zero-order chi connectivity index (χ0) is 10.9. The van der Waals surface area contributed by atoms with Gasteiger partial charge in [-0.3, -0.25) is 0 Å². The van der Waals surface area contributed by atoms with Gasteiger partial charge in [-0.05, 0) is 55.2 Å². The number of aryl methyl sites for hydroxylation is 1. The van der Waals surface area contributed by atoms with Gasteiger partial charge in [0.15, 0.2) is 0 Å². The fraction of sp³-hybridized carbons (Fsp3) is 0.692. The van der Waals surface area contributed by atoms with Gasteiger partial charge in [0.1, 0.15) is 0 Å². The van der Waals surface area contributed by atoms with E-state index in [1.807, 2.05) is 11.3 Å². The van der Waals surface area contributed by atoms with Crippen molar-refractivity contribution in [3.63, 3.8) is 0 Å². The molecule has 0 bridgehead atoms. The third-order valence-electron chi connectivity index (χ3n) is 3.35. The van der Waals surface area contributed by atoms with Crippen molar-refractivity contribution in [3.05, 3.63) is 21.9 Å². The monoisotopic (exact) mass is 223 g/mol. The normalized spacial score (nSPS) is 17.0. The Morgan fingerprint density at radius 2 is 2.20 bits per heavy atom. The predicted molar refractivity (Wildman–Crippen MR) is 67.7 cm³/mol. The van der Waals surface area contributed by atoms with Crippen LogP contribution in [0.15, 0.2) is 11.4 Å². The Kier molecular flexibility index (Phi) is 3.17. The van der Waals surface area contributed by atoms with E-state index in [0.29, 0.717) is 5.41 Å². The highest BCUT2D eigenvalue weighted by atomic mass is 32.1. The maximum Gasteiger partial charge on any atom is 0.00682 e. The van der Waals surface area contributed by atoms with Crippen molar-refractivity contribution in [3.8, 4) is 0 Å². The lowest BCUT2D eigenvalue weighted by Gasteiger charge is -2.25. The average molecular weight is 223 g/mol. The molecule has 0 radical (unpaired) electrons. The number of nitrogens with one attached hydrogen (secondary N) is 1. The predicted octanol–water partition coefficient (Wildman–Crippen LogP) is 3.48. The van der Waals surface area contributed by atoms with Crippen LogP contribution in [-0.4, -0.2) is 12.6 Å². The Morgan fingerprint density at radius 1 is 1.47 bits per heavy atom. The SMILES string of the molecule is Cc1sccc1C(C)(C)CCNC1CC1. The maximum absolute atomic E-state index is 3.60. The van der Waals surface area contributed by atoms with E-state index in [4.69, 9.17) is 0 Å². The quantitative estimate of drug-likeness (QED) is 0.806. The summed E-state index contributed by atoms with van der Waals surface area (Å²) in [7, 11) is 0. The number of hydrogen-bond donors (Lipinski definition) is 1. The molecule has 1 heterocycles. The van der Waals surface area contributed by atoms with Crippen LogP contribution < -0.4 is 5.32 Å². The summed E-state index contributed by atoms with van der Waals surface area (Å²) in [4.78, 5) is 1.48. The molecular weight excluding hydrogens is 202 g/mol. The minimum Gasteiger partial charge on any atom is -0.314 e. The van der Waals surface area contributed by atoms with E-state index in [0.717, 1.165) is 12.6 Å². The molecule has 2 rings (SSSR count). The van der Waals surface area contributed by atoms with Crippen molar-refractivity contribution in [1.82, 2.24) is 5.32 Å². The first-order valence-corrected chi connectivity index (χ1v) is 6.75. The maximum atomic E-state index is 3.60. The van der Waals surface area contributed by atoms with Gasteiger partial charge in [-0.1, -0.05) is 13.8 Å². The lowest BCUT2D eigenvalue weighted by atomic mass is 9.82. The van der Waals surface area contributed by atoms with Crippen molar-refractivity contribution in [1.29, 1.82) is 0 Å². The highest BCUT2D eigenvalue weighted by molar-refractivity contribution is 7.10. The molecule has 2 heteroatoms. The molecule has 1 aliphatic rings. The Morgan fingerprint density at radius 3 is 2.73 bits per heavy atom. The number of thiophene rings is 1. The first kappa shape index (κ1) is 11.2. The van der Waals surface area contributed by atoms with Crippen LogP contribution in [0.4, 0.5) is 0 Å². The van der Waals surface area contributed by atoms with Crippen LogP contribution in [-0.2, 0) is 5.41 Å². The molecule has 1 saturated carbocycles. The molecule has 1 aliphatic carbocycles. The minimum atomic E-state index is 0.325. The molecule has 1 nitrogen and oxygen atoms in total. The third kappa shape index (κ3) is 2.82. The lowest BCUT2D eigenvalue weighted by molar-refractivity contribution is 0.455. The van der Waals surface area contributed by atoms with Crippen molar-refractivity contribution < 1.29 is 0 Å². The van der Waals surface area contributed by atoms with Crippen LogP contribution in [0.1, 0.15) is 43.6 Å². The summed E-state index contributed by atoms with van der Waals surface area (Å²) in [6.45, 7) is 8.11. The van der Waals surface area contributed by atoms with Gasteiger partial charge in [0.25, 0.3) is 0 Å². The second-order valence-corrected chi connectivity index (χ2v) is 6.37. The molecule has 0 unspecified atom stereocenters. The van der Waals surface area contributed by atoms with E-state index in [-0.39, 0.29) is 0 Å². The summed E-state index contributed by atoms with van der Waals surface area (Å²) in [5.74, 6) is 0. The first-order valence-electron chi connectivity index (χ1n) is 5.87. The summed E-state index contributed by atoms with van der Waals surface area (Å²) >= 11 is 1.86. The van der Waals surface area contributed by atoms with Gasteiger partial charge >= 0.3 is 0 Å². The topological polar surface area (TPSA) is 12.0 Å². The lowest BCUT2D eigenvalue weighted by Crippen LogP contribution is -2.26. The second-order valence-electron chi connectivity index (χ2n) is 5.25. The van der Waals surface area contributed by atoms with Gasteiger partial charge in [0.05, 0.1) is 0 Å². The minimum absolute atomic E-state index is 0.325. The largest absolute Gasteiger partial charge is 0.314 e. The zero-order valence-electron chi connectivity index (χ0n) is 9.97. The smallest absolute Gasteiger partial charge is 0.00682 e. The van der Waals surface area contributed by atoms with E-state index in [1.54, 1.807) is 0 Å². The van der Waals surface area contributed by atoms with Gasteiger partial charge in [0.2, 0.25) is 0 Å². The molecule has 0 saturated heterocycles. The highest BCUT2D eigenvalue weighted by Gasteiger charge is 2.25. The third-order valence-corrected chi connectivity index (χ3v) is 4.19. The second kappa shape index (κ2) is 4.26. The summed E-state index contributed by atoms with van der Waals surface area (Å²) in [5, 5.41) is 5.81.